The van der Waals surface area contributed by atoms with E-state index in [0.717, 1.165) is 46.7 Å². The minimum atomic E-state index is -0.681. The topological polar surface area (TPSA) is 85.1 Å². The highest BCUT2D eigenvalue weighted by Crippen LogP contribution is 2.30. The van der Waals surface area contributed by atoms with Crippen molar-refractivity contribution < 1.29 is 9.72 Å². The molecule has 6 nitrogen and oxygen atoms in total. The molecule has 2 aromatic rings. The predicted molar refractivity (Wildman–Crippen MR) is 140 cm³/mol. The number of amides is 1. The first kappa shape index (κ1) is 24.8. The Kier molecular flexibility index (Phi) is 8.42. The van der Waals surface area contributed by atoms with Gasteiger partial charge in [0.1, 0.15) is 5.01 Å². The van der Waals surface area contributed by atoms with Gasteiger partial charge in [-0.2, -0.15) is 0 Å². The van der Waals surface area contributed by atoms with Crippen LogP contribution in [0.15, 0.2) is 83.3 Å². The molecule has 1 aromatic heterocycles. The van der Waals surface area contributed by atoms with Gasteiger partial charge in [0.15, 0.2) is 0 Å². The first-order chi connectivity index (χ1) is 17.0. The number of allylic oxidation sites excluding steroid dienone is 4. The lowest BCUT2D eigenvalue weighted by molar-refractivity contribution is -0.508. The lowest BCUT2D eigenvalue weighted by atomic mass is 9.86. The van der Waals surface area contributed by atoms with Crippen LogP contribution in [0.1, 0.15) is 54.9 Å². The molecule has 1 aromatic carbocycles. The van der Waals surface area contributed by atoms with E-state index in [-0.39, 0.29) is 22.8 Å². The van der Waals surface area contributed by atoms with E-state index in [1.807, 2.05) is 41.8 Å². The summed E-state index contributed by atoms with van der Waals surface area (Å²) in [7, 11) is 0. The zero-order valence-corrected chi connectivity index (χ0v) is 20.7. The molecule has 1 amide bonds. The highest BCUT2D eigenvalue weighted by Gasteiger charge is 2.28. The second-order valence-corrected chi connectivity index (χ2v) is 9.86. The summed E-state index contributed by atoms with van der Waals surface area (Å²) in [5.41, 5.74) is 4.27. The van der Waals surface area contributed by atoms with Crippen molar-refractivity contribution in [2.24, 2.45) is 5.92 Å². The molecule has 1 N–H and O–H groups in total. The molecule has 0 bridgehead atoms. The van der Waals surface area contributed by atoms with Crippen LogP contribution in [0, 0.1) is 16.0 Å². The van der Waals surface area contributed by atoms with Crippen LogP contribution in [0.2, 0.25) is 0 Å². The molecule has 0 spiro atoms. The number of benzene rings is 1. The number of thiazole rings is 1. The molecular formula is C28H31N3O3S. The fourth-order valence-electron chi connectivity index (χ4n) is 4.47. The molecule has 182 valence electrons. The fourth-order valence-corrected chi connectivity index (χ4v) is 5.42. The van der Waals surface area contributed by atoms with E-state index < -0.39 is 6.04 Å². The number of rotatable bonds is 10. The Morgan fingerprint density at radius 3 is 2.74 bits per heavy atom. The normalized spacial score (nSPS) is 18.9. The molecule has 0 fully saturated rings. The largest absolute Gasteiger partial charge is 0.346 e. The maximum Gasteiger partial charge on any atom is 0.235 e. The lowest BCUT2D eigenvalue weighted by Gasteiger charge is -2.25. The highest BCUT2D eigenvalue weighted by molar-refractivity contribution is 7.09. The Bertz CT molecular complexity index is 1160. The predicted octanol–water partition coefficient (Wildman–Crippen LogP) is 5.92. The van der Waals surface area contributed by atoms with E-state index in [1.165, 1.54) is 0 Å². The van der Waals surface area contributed by atoms with Crippen molar-refractivity contribution >= 4 is 17.2 Å². The van der Waals surface area contributed by atoms with E-state index in [1.54, 1.807) is 17.4 Å². The SMILES string of the molecule is CCc1csc([C@H](CC2=CCC([N+](=O)[O-])C=C2)NC(=O)C(Cc2ccccc2)C2=CC=CCC2)n1. The van der Waals surface area contributed by atoms with Crippen LogP contribution in [0.5, 0.6) is 0 Å². The maximum atomic E-state index is 13.8. The molecule has 3 atom stereocenters. The van der Waals surface area contributed by atoms with Gasteiger partial charge in [0.05, 0.1) is 17.7 Å². The minimum Gasteiger partial charge on any atom is -0.346 e. The number of aryl methyl sites for hydroxylation is 1. The first-order valence-electron chi connectivity index (χ1n) is 12.2. The second kappa shape index (κ2) is 11.9. The number of hydrogen-bond acceptors (Lipinski definition) is 5. The van der Waals surface area contributed by atoms with Crippen LogP contribution >= 0.6 is 11.3 Å². The number of carbonyl (C=O) groups is 1. The lowest BCUT2D eigenvalue weighted by Crippen LogP contribution is -2.36. The Labute approximate surface area is 210 Å². The molecule has 4 rings (SSSR count). The average molecular weight is 490 g/mol. The third kappa shape index (κ3) is 6.63. The Morgan fingerprint density at radius 1 is 1.29 bits per heavy atom. The maximum absolute atomic E-state index is 13.8. The number of nitrogens with zero attached hydrogens (tertiary/aromatic N) is 2. The quantitative estimate of drug-likeness (QED) is 0.332. The molecule has 2 aliphatic carbocycles. The van der Waals surface area contributed by atoms with Gasteiger partial charge in [0.2, 0.25) is 11.9 Å². The first-order valence-corrected chi connectivity index (χ1v) is 13.1. The van der Waals surface area contributed by atoms with Crippen LogP contribution in [0.25, 0.3) is 0 Å². The third-order valence-electron chi connectivity index (χ3n) is 6.50. The molecule has 1 heterocycles. The van der Waals surface area contributed by atoms with Gasteiger partial charge >= 0.3 is 0 Å². The Balaban J connectivity index is 1.56. The van der Waals surface area contributed by atoms with E-state index in [4.69, 9.17) is 4.98 Å². The van der Waals surface area contributed by atoms with Gasteiger partial charge < -0.3 is 5.32 Å². The summed E-state index contributed by atoms with van der Waals surface area (Å²) in [6, 6.07) is 9.16. The van der Waals surface area contributed by atoms with Gasteiger partial charge in [-0.1, -0.05) is 73.2 Å². The molecule has 0 saturated carbocycles. The number of aromatic nitrogens is 1. The minimum absolute atomic E-state index is 0.00258. The standard InChI is InChI=1S/C28H31N3O3S/c1-2-23-19-35-28(29-23)26(18-21-13-15-24(16-14-21)31(33)34)30-27(32)25(22-11-7-4-8-12-22)17-20-9-5-3-6-10-20/h3-7,9-11,13-15,19,24-26H,2,8,12,16-18H2,1H3,(H,30,32)/t24?,25?,26-/m0/s1. The molecule has 0 radical (unpaired) electrons. The Hall–Kier alpha value is -3.32. The van der Waals surface area contributed by atoms with Crippen molar-refractivity contribution in [1.82, 2.24) is 10.3 Å². The summed E-state index contributed by atoms with van der Waals surface area (Å²) in [4.78, 5) is 29.4. The number of hydrogen-bond donors (Lipinski definition) is 1. The van der Waals surface area contributed by atoms with E-state index >= 15 is 0 Å². The zero-order chi connectivity index (χ0) is 24.6. The summed E-state index contributed by atoms with van der Waals surface area (Å²) in [5.74, 6) is -0.262. The molecule has 7 heteroatoms. The van der Waals surface area contributed by atoms with Crippen LogP contribution in [0.3, 0.4) is 0 Å². The van der Waals surface area contributed by atoms with Gasteiger partial charge in [-0.3, -0.25) is 14.9 Å². The van der Waals surface area contributed by atoms with Crippen molar-refractivity contribution in [2.75, 3.05) is 0 Å². The van der Waals surface area contributed by atoms with Crippen molar-refractivity contribution in [3.63, 3.8) is 0 Å². The van der Waals surface area contributed by atoms with Crippen molar-refractivity contribution in [3.05, 3.63) is 110 Å². The number of nitro groups is 1. The number of carbonyl (C=O) groups excluding carboxylic acids is 1. The highest BCUT2D eigenvalue weighted by atomic mass is 32.1. The monoisotopic (exact) mass is 489 g/mol. The van der Waals surface area contributed by atoms with E-state index in [2.05, 4.69) is 36.5 Å². The van der Waals surface area contributed by atoms with Crippen molar-refractivity contribution in [3.8, 4) is 0 Å². The molecular weight excluding hydrogens is 458 g/mol. The molecule has 35 heavy (non-hydrogen) atoms. The van der Waals surface area contributed by atoms with Crippen LogP contribution in [0.4, 0.5) is 0 Å². The van der Waals surface area contributed by atoms with Crippen molar-refractivity contribution in [1.29, 1.82) is 0 Å². The van der Waals surface area contributed by atoms with Gasteiger partial charge in [-0.15, -0.1) is 11.3 Å². The van der Waals surface area contributed by atoms with Crippen LogP contribution in [-0.2, 0) is 17.6 Å². The van der Waals surface area contributed by atoms with E-state index in [0.29, 0.717) is 19.3 Å². The van der Waals surface area contributed by atoms with Crippen LogP contribution in [-0.4, -0.2) is 21.9 Å². The van der Waals surface area contributed by atoms with Gasteiger partial charge in [-0.25, -0.2) is 4.98 Å². The summed E-state index contributed by atoms with van der Waals surface area (Å²) in [6.07, 6.45) is 15.8. The summed E-state index contributed by atoms with van der Waals surface area (Å²) in [6.45, 7) is 2.07. The molecule has 0 saturated heterocycles. The molecule has 2 unspecified atom stereocenters. The second-order valence-electron chi connectivity index (χ2n) is 8.97. The number of nitrogens with one attached hydrogen (secondary N) is 1. The Morgan fingerprint density at radius 2 is 2.11 bits per heavy atom. The van der Waals surface area contributed by atoms with E-state index in [9.17, 15) is 14.9 Å². The fraction of sp³-hybridized carbons (Fsp3) is 0.357. The molecule has 2 aliphatic rings. The van der Waals surface area contributed by atoms with Gasteiger partial charge in [0, 0.05) is 16.7 Å². The van der Waals surface area contributed by atoms with Crippen molar-refractivity contribution in [2.45, 2.75) is 57.5 Å². The third-order valence-corrected chi connectivity index (χ3v) is 7.51. The summed E-state index contributed by atoms with van der Waals surface area (Å²) >= 11 is 1.56. The molecule has 0 aliphatic heterocycles. The zero-order valence-electron chi connectivity index (χ0n) is 19.9. The summed E-state index contributed by atoms with van der Waals surface area (Å²) in [5, 5.41) is 17.3. The van der Waals surface area contributed by atoms with Gasteiger partial charge in [-0.05, 0) is 49.3 Å². The van der Waals surface area contributed by atoms with Crippen LogP contribution < -0.4 is 5.32 Å². The summed E-state index contributed by atoms with van der Waals surface area (Å²) < 4.78 is 0. The average Bonchev–Trinajstić information content (AvgIpc) is 3.38. The van der Waals surface area contributed by atoms with Gasteiger partial charge in [0.25, 0.3) is 0 Å². The smallest absolute Gasteiger partial charge is 0.235 e.